The first-order valence-electron chi connectivity index (χ1n) is 4.06. The van der Waals surface area contributed by atoms with Crippen molar-refractivity contribution in [2.75, 3.05) is 5.84 Å². The SMILES string of the molecule is CC(=O)c1cc2ccccc2n1N. The van der Waals surface area contributed by atoms with Crippen LogP contribution < -0.4 is 5.84 Å². The number of nitrogen functional groups attached to an aromatic ring is 1. The van der Waals surface area contributed by atoms with E-state index in [1.807, 2.05) is 24.3 Å². The monoisotopic (exact) mass is 174 g/mol. The highest BCUT2D eigenvalue weighted by Gasteiger charge is 2.08. The van der Waals surface area contributed by atoms with Gasteiger partial charge in [-0.1, -0.05) is 18.2 Å². The molecule has 66 valence electrons. The Morgan fingerprint density at radius 2 is 2.08 bits per heavy atom. The van der Waals surface area contributed by atoms with Gasteiger partial charge in [0.1, 0.15) is 5.69 Å². The summed E-state index contributed by atoms with van der Waals surface area (Å²) >= 11 is 0. The van der Waals surface area contributed by atoms with Gasteiger partial charge in [-0.25, -0.2) is 0 Å². The molecule has 1 heterocycles. The third-order valence-electron chi connectivity index (χ3n) is 2.11. The molecule has 1 aromatic carbocycles. The molecule has 0 radical (unpaired) electrons. The smallest absolute Gasteiger partial charge is 0.178 e. The Morgan fingerprint density at radius 3 is 2.69 bits per heavy atom. The molecule has 0 amide bonds. The summed E-state index contributed by atoms with van der Waals surface area (Å²) in [7, 11) is 0. The predicted molar refractivity (Wildman–Crippen MR) is 52.1 cm³/mol. The lowest BCUT2D eigenvalue weighted by molar-refractivity contribution is 0.101. The number of carbonyl (C=O) groups excluding carboxylic acids is 1. The van der Waals surface area contributed by atoms with Gasteiger partial charge in [0, 0.05) is 12.3 Å². The molecule has 2 N–H and O–H groups in total. The summed E-state index contributed by atoms with van der Waals surface area (Å²) in [4.78, 5) is 11.1. The molecule has 0 spiro atoms. The number of fused-ring (bicyclic) bond motifs is 1. The highest BCUT2D eigenvalue weighted by molar-refractivity contribution is 5.98. The van der Waals surface area contributed by atoms with Gasteiger partial charge < -0.3 is 5.84 Å². The van der Waals surface area contributed by atoms with Crippen molar-refractivity contribution in [2.24, 2.45) is 0 Å². The number of hydrogen-bond donors (Lipinski definition) is 1. The maximum atomic E-state index is 11.1. The van der Waals surface area contributed by atoms with Crippen molar-refractivity contribution in [1.82, 2.24) is 4.68 Å². The molecule has 0 aliphatic carbocycles. The van der Waals surface area contributed by atoms with E-state index < -0.39 is 0 Å². The van der Waals surface area contributed by atoms with Crippen LogP contribution in [0.15, 0.2) is 30.3 Å². The number of nitrogens with zero attached hydrogens (tertiary/aromatic N) is 1. The van der Waals surface area contributed by atoms with E-state index in [9.17, 15) is 4.79 Å². The number of benzene rings is 1. The summed E-state index contributed by atoms with van der Waals surface area (Å²) in [6.07, 6.45) is 0. The number of rotatable bonds is 1. The van der Waals surface area contributed by atoms with Gasteiger partial charge in [0.25, 0.3) is 0 Å². The second-order valence-corrected chi connectivity index (χ2v) is 3.01. The van der Waals surface area contributed by atoms with Crippen LogP contribution in [0.4, 0.5) is 0 Å². The van der Waals surface area contributed by atoms with Gasteiger partial charge in [-0.2, -0.15) is 0 Å². The standard InChI is InChI=1S/C10H10N2O/c1-7(13)10-6-8-4-2-3-5-9(8)12(10)11/h2-6H,11H2,1H3. The first kappa shape index (κ1) is 7.86. The van der Waals surface area contributed by atoms with Crippen LogP contribution in [0.5, 0.6) is 0 Å². The Hall–Kier alpha value is -1.77. The topological polar surface area (TPSA) is 48.0 Å². The molecule has 0 unspecified atom stereocenters. The molecule has 0 saturated heterocycles. The molecular formula is C10H10N2O. The Kier molecular flexibility index (Phi) is 1.59. The van der Waals surface area contributed by atoms with Crippen molar-refractivity contribution in [3.8, 4) is 0 Å². The minimum absolute atomic E-state index is 0.0151. The van der Waals surface area contributed by atoms with E-state index in [-0.39, 0.29) is 5.78 Å². The van der Waals surface area contributed by atoms with Crippen LogP contribution in [0.25, 0.3) is 10.9 Å². The Morgan fingerprint density at radius 1 is 1.38 bits per heavy atom. The highest BCUT2D eigenvalue weighted by atomic mass is 16.1. The lowest BCUT2D eigenvalue weighted by atomic mass is 10.2. The average molecular weight is 174 g/mol. The molecule has 0 bridgehead atoms. The molecule has 0 fully saturated rings. The zero-order valence-electron chi connectivity index (χ0n) is 7.32. The fourth-order valence-corrected chi connectivity index (χ4v) is 1.45. The Balaban J connectivity index is 2.81. The lowest BCUT2D eigenvalue weighted by Gasteiger charge is -1.98. The molecule has 0 aliphatic rings. The average Bonchev–Trinajstić information content (AvgIpc) is 2.45. The molecule has 3 heteroatoms. The predicted octanol–water partition coefficient (Wildman–Crippen LogP) is 1.56. The number of Topliss-reactive ketones (excluding diaryl/α,β-unsaturated/α-hetero) is 1. The zero-order valence-corrected chi connectivity index (χ0v) is 7.32. The van der Waals surface area contributed by atoms with Crippen molar-refractivity contribution in [1.29, 1.82) is 0 Å². The van der Waals surface area contributed by atoms with E-state index >= 15 is 0 Å². The van der Waals surface area contributed by atoms with Gasteiger partial charge in [-0.15, -0.1) is 0 Å². The minimum atomic E-state index is -0.0151. The van der Waals surface area contributed by atoms with Gasteiger partial charge in [-0.05, 0) is 12.1 Å². The molecule has 2 rings (SSSR count). The number of nitrogens with two attached hydrogens (primary N) is 1. The quantitative estimate of drug-likeness (QED) is 0.526. The van der Waals surface area contributed by atoms with E-state index in [4.69, 9.17) is 5.84 Å². The lowest BCUT2D eigenvalue weighted by Crippen LogP contribution is -2.14. The number of para-hydroxylation sites is 1. The van der Waals surface area contributed by atoms with Crippen LogP contribution in [0.3, 0.4) is 0 Å². The van der Waals surface area contributed by atoms with Crippen molar-refractivity contribution < 1.29 is 4.79 Å². The fourth-order valence-electron chi connectivity index (χ4n) is 1.45. The third kappa shape index (κ3) is 1.09. The minimum Gasteiger partial charge on any atom is -0.338 e. The fraction of sp³-hybridized carbons (Fsp3) is 0.100. The highest BCUT2D eigenvalue weighted by Crippen LogP contribution is 2.16. The summed E-state index contributed by atoms with van der Waals surface area (Å²) in [5, 5.41) is 0.996. The first-order chi connectivity index (χ1) is 6.20. The summed E-state index contributed by atoms with van der Waals surface area (Å²) in [5.41, 5.74) is 1.42. The molecule has 13 heavy (non-hydrogen) atoms. The van der Waals surface area contributed by atoms with Crippen molar-refractivity contribution in [3.05, 3.63) is 36.0 Å². The second-order valence-electron chi connectivity index (χ2n) is 3.01. The van der Waals surface area contributed by atoms with Gasteiger partial charge in [0.15, 0.2) is 5.78 Å². The van der Waals surface area contributed by atoms with Crippen LogP contribution >= 0.6 is 0 Å². The summed E-state index contributed by atoms with van der Waals surface area (Å²) in [6, 6.07) is 9.45. The summed E-state index contributed by atoms with van der Waals surface area (Å²) in [6.45, 7) is 1.51. The Labute approximate surface area is 75.7 Å². The van der Waals surface area contributed by atoms with E-state index in [2.05, 4.69) is 0 Å². The summed E-state index contributed by atoms with van der Waals surface area (Å²) < 4.78 is 1.43. The van der Waals surface area contributed by atoms with Crippen LogP contribution in [0.1, 0.15) is 17.4 Å². The molecule has 2 aromatic rings. The molecule has 0 aliphatic heterocycles. The molecular weight excluding hydrogens is 164 g/mol. The van der Waals surface area contributed by atoms with Gasteiger partial charge in [0.05, 0.1) is 5.52 Å². The van der Waals surface area contributed by atoms with Crippen LogP contribution in [-0.4, -0.2) is 10.5 Å². The zero-order chi connectivity index (χ0) is 9.42. The number of hydrogen-bond acceptors (Lipinski definition) is 2. The van der Waals surface area contributed by atoms with E-state index in [0.717, 1.165) is 10.9 Å². The normalized spacial score (nSPS) is 10.5. The maximum absolute atomic E-state index is 11.1. The largest absolute Gasteiger partial charge is 0.338 e. The van der Waals surface area contributed by atoms with Crippen LogP contribution in [0.2, 0.25) is 0 Å². The van der Waals surface area contributed by atoms with E-state index in [0.29, 0.717) is 5.69 Å². The van der Waals surface area contributed by atoms with Crippen molar-refractivity contribution in [2.45, 2.75) is 6.92 Å². The van der Waals surface area contributed by atoms with E-state index in [1.54, 1.807) is 6.07 Å². The number of aromatic nitrogens is 1. The molecule has 0 saturated carbocycles. The second kappa shape index (κ2) is 2.62. The number of carbonyl (C=O) groups is 1. The molecule has 1 aromatic heterocycles. The van der Waals surface area contributed by atoms with Crippen molar-refractivity contribution >= 4 is 16.7 Å². The number of ketones is 1. The molecule has 3 nitrogen and oxygen atoms in total. The van der Waals surface area contributed by atoms with E-state index in [1.165, 1.54) is 11.6 Å². The van der Waals surface area contributed by atoms with Gasteiger partial charge in [0.2, 0.25) is 0 Å². The van der Waals surface area contributed by atoms with Crippen LogP contribution in [0, 0.1) is 0 Å². The maximum Gasteiger partial charge on any atom is 0.178 e. The molecule has 0 atom stereocenters. The van der Waals surface area contributed by atoms with Crippen molar-refractivity contribution in [3.63, 3.8) is 0 Å². The first-order valence-corrected chi connectivity index (χ1v) is 4.06. The summed E-state index contributed by atoms with van der Waals surface area (Å²) in [5.74, 6) is 5.72. The Bertz CT molecular complexity index is 471. The van der Waals surface area contributed by atoms with Gasteiger partial charge >= 0.3 is 0 Å². The third-order valence-corrected chi connectivity index (χ3v) is 2.11. The van der Waals surface area contributed by atoms with Crippen LogP contribution in [-0.2, 0) is 0 Å². The van der Waals surface area contributed by atoms with Gasteiger partial charge in [-0.3, -0.25) is 9.47 Å².